The minimum Gasteiger partial charge on any atom is -0.487 e. The average molecular weight is 350 g/mol. The van der Waals surface area contributed by atoms with E-state index in [0.29, 0.717) is 0 Å². The Labute approximate surface area is 153 Å². The summed E-state index contributed by atoms with van der Waals surface area (Å²) in [5.74, 6) is 0.765. The van der Waals surface area contributed by atoms with Gasteiger partial charge in [-0.3, -0.25) is 0 Å². The van der Waals surface area contributed by atoms with Crippen LogP contribution in [0.1, 0.15) is 28.1 Å². The lowest BCUT2D eigenvalue weighted by molar-refractivity contribution is 0.427. The zero-order valence-corrected chi connectivity index (χ0v) is 15.7. The molecule has 3 rings (SSSR count). The van der Waals surface area contributed by atoms with Gasteiger partial charge in [-0.25, -0.2) is 9.97 Å². The Morgan fingerprint density at radius 2 is 1.84 bits per heavy atom. The molecule has 0 aliphatic heterocycles. The largest absolute Gasteiger partial charge is 0.487 e. The fourth-order valence-electron chi connectivity index (χ4n) is 2.77. The van der Waals surface area contributed by atoms with E-state index < -0.39 is 0 Å². The molecule has 3 aromatic rings. The van der Waals surface area contributed by atoms with Crippen LogP contribution in [0, 0.1) is 13.8 Å². The third-order valence-corrected chi connectivity index (χ3v) is 5.19. The van der Waals surface area contributed by atoms with Crippen LogP contribution in [0.4, 0.5) is 0 Å². The molecule has 0 unspecified atom stereocenters. The van der Waals surface area contributed by atoms with E-state index >= 15 is 0 Å². The lowest BCUT2D eigenvalue weighted by atomic mass is 10.0. The monoisotopic (exact) mass is 350 g/mol. The minimum absolute atomic E-state index is 0.765. The van der Waals surface area contributed by atoms with Gasteiger partial charge in [0.05, 0.1) is 17.7 Å². The highest BCUT2D eigenvalue weighted by atomic mass is 32.1. The summed E-state index contributed by atoms with van der Waals surface area (Å²) in [6.07, 6.45) is 3.49. The summed E-state index contributed by atoms with van der Waals surface area (Å²) < 4.78 is 5.30. The van der Waals surface area contributed by atoms with Crippen LogP contribution >= 0.6 is 11.3 Å². The van der Waals surface area contributed by atoms with Crippen molar-refractivity contribution in [1.29, 1.82) is 0 Å². The third kappa shape index (κ3) is 3.97. The Hall–Kier alpha value is -2.46. The van der Waals surface area contributed by atoms with E-state index in [0.717, 1.165) is 40.0 Å². The summed E-state index contributed by atoms with van der Waals surface area (Å²) in [6, 6.07) is 12.6. The van der Waals surface area contributed by atoms with Gasteiger partial charge in [-0.1, -0.05) is 47.2 Å². The first-order valence-corrected chi connectivity index (χ1v) is 9.09. The fourth-order valence-corrected chi connectivity index (χ4v) is 3.53. The number of nitrogens with zero attached hydrogens (tertiary/aromatic N) is 2. The van der Waals surface area contributed by atoms with Gasteiger partial charge in [0.1, 0.15) is 0 Å². The Morgan fingerprint density at radius 1 is 1.08 bits per heavy atom. The predicted molar refractivity (Wildman–Crippen MR) is 105 cm³/mol. The molecule has 25 heavy (non-hydrogen) atoms. The van der Waals surface area contributed by atoms with E-state index in [1.165, 1.54) is 16.7 Å². The molecule has 2 heterocycles. The smallest absolute Gasteiger partial charge is 0.174 e. The van der Waals surface area contributed by atoms with Gasteiger partial charge in [0.2, 0.25) is 0 Å². The van der Waals surface area contributed by atoms with Crippen LogP contribution in [0.15, 0.2) is 49.1 Å². The van der Waals surface area contributed by atoms with Gasteiger partial charge in [-0.05, 0) is 43.5 Å². The summed E-state index contributed by atoms with van der Waals surface area (Å²) in [7, 11) is 1.68. The Kier molecular flexibility index (Phi) is 5.29. The molecule has 0 bridgehead atoms. The molecular weight excluding hydrogens is 328 g/mol. The number of methoxy groups -OCH3 is 1. The van der Waals surface area contributed by atoms with Crippen molar-refractivity contribution in [3.05, 3.63) is 77.1 Å². The molecule has 0 saturated carbocycles. The third-order valence-electron chi connectivity index (χ3n) is 4.14. The van der Waals surface area contributed by atoms with Gasteiger partial charge in [-0.2, -0.15) is 0 Å². The van der Waals surface area contributed by atoms with Crippen LogP contribution in [0.25, 0.3) is 10.7 Å². The minimum atomic E-state index is 0.765. The molecule has 0 spiro atoms. The van der Waals surface area contributed by atoms with Gasteiger partial charge >= 0.3 is 0 Å². The SMILES string of the molecule is C=CCc1c(C)nc(-c2ccc(OC)s2)nc1Cc1ccc(C)cc1. The molecule has 0 aliphatic rings. The number of aryl methyl sites for hydroxylation is 2. The normalized spacial score (nSPS) is 10.7. The molecule has 128 valence electrons. The Bertz CT molecular complexity index is 881. The van der Waals surface area contributed by atoms with Gasteiger partial charge in [0.25, 0.3) is 0 Å². The van der Waals surface area contributed by atoms with E-state index in [1.54, 1.807) is 18.4 Å². The fraction of sp³-hybridized carbons (Fsp3) is 0.238. The maximum Gasteiger partial charge on any atom is 0.174 e. The maximum atomic E-state index is 5.30. The summed E-state index contributed by atoms with van der Waals surface area (Å²) in [5.41, 5.74) is 5.77. The van der Waals surface area contributed by atoms with E-state index in [1.807, 2.05) is 25.1 Å². The molecule has 3 nitrogen and oxygen atoms in total. The molecule has 2 aromatic heterocycles. The van der Waals surface area contributed by atoms with Crippen molar-refractivity contribution >= 4 is 11.3 Å². The number of benzene rings is 1. The summed E-state index contributed by atoms with van der Waals surface area (Å²) in [4.78, 5) is 10.6. The summed E-state index contributed by atoms with van der Waals surface area (Å²) >= 11 is 1.56. The quantitative estimate of drug-likeness (QED) is 0.577. The predicted octanol–water partition coefficient (Wildman–Crippen LogP) is 5.15. The van der Waals surface area contributed by atoms with E-state index in [2.05, 4.69) is 37.8 Å². The second-order valence-electron chi connectivity index (χ2n) is 6.04. The van der Waals surface area contributed by atoms with Crippen LogP contribution in [-0.4, -0.2) is 17.1 Å². The topological polar surface area (TPSA) is 35.0 Å². The first-order chi connectivity index (χ1) is 12.1. The van der Waals surface area contributed by atoms with Crippen molar-refractivity contribution in [1.82, 2.24) is 9.97 Å². The second-order valence-corrected chi connectivity index (χ2v) is 7.08. The van der Waals surface area contributed by atoms with Crippen molar-refractivity contribution in [3.63, 3.8) is 0 Å². The van der Waals surface area contributed by atoms with Crippen molar-refractivity contribution in [2.24, 2.45) is 0 Å². The van der Waals surface area contributed by atoms with E-state index in [-0.39, 0.29) is 0 Å². The first-order valence-electron chi connectivity index (χ1n) is 8.27. The Morgan fingerprint density at radius 3 is 2.48 bits per heavy atom. The number of rotatable bonds is 6. The van der Waals surface area contributed by atoms with Crippen molar-refractivity contribution < 1.29 is 4.74 Å². The highest BCUT2D eigenvalue weighted by Gasteiger charge is 2.14. The molecule has 1 aromatic carbocycles. The standard InChI is InChI=1S/C21H22N2OS/c1-5-6-17-15(3)22-21(19-11-12-20(24-4)25-19)23-18(17)13-16-9-7-14(2)8-10-16/h5,7-12H,1,6,13H2,2-4H3. The maximum absolute atomic E-state index is 5.30. The van der Waals surface area contributed by atoms with Crippen molar-refractivity contribution in [2.75, 3.05) is 7.11 Å². The number of hydrogen-bond acceptors (Lipinski definition) is 4. The van der Waals surface area contributed by atoms with Crippen LogP contribution in [0.2, 0.25) is 0 Å². The van der Waals surface area contributed by atoms with Gasteiger partial charge in [0.15, 0.2) is 10.9 Å². The van der Waals surface area contributed by atoms with Crippen LogP contribution < -0.4 is 4.74 Å². The highest BCUT2D eigenvalue weighted by molar-refractivity contribution is 7.17. The molecular formula is C21H22N2OS. The molecule has 4 heteroatoms. The molecule has 0 fully saturated rings. The number of allylic oxidation sites excluding steroid dienone is 1. The average Bonchev–Trinajstić information content (AvgIpc) is 3.09. The number of hydrogen-bond donors (Lipinski definition) is 0. The van der Waals surface area contributed by atoms with Crippen LogP contribution in [0.5, 0.6) is 5.06 Å². The van der Waals surface area contributed by atoms with Crippen molar-refractivity contribution in [3.8, 4) is 15.8 Å². The second kappa shape index (κ2) is 7.62. The molecule has 0 radical (unpaired) electrons. The molecule has 0 N–H and O–H groups in total. The molecule has 0 amide bonds. The lowest BCUT2D eigenvalue weighted by Crippen LogP contribution is -2.06. The zero-order chi connectivity index (χ0) is 17.8. The number of ether oxygens (including phenoxy) is 1. The first kappa shape index (κ1) is 17.4. The Balaban J connectivity index is 2.03. The van der Waals surface area contributed by atoms with E-state index in [4.69, 9.17) is 14.7 Å². The van der Waals surface area contributed by atoms with Gasteiger partial charge in [0, 0.05) is 12.1 Å². The van der Waals surface area contributed by atoms with Gasteiger partial charge in [-0.15, -0.1) is 6.58 Å². The number of thiophene rings is 1. The molecule has 0 atom stereocenters. The zero-order valence-electron chi connectivity index (χ0n) is 14.9. The highest BCUT2D eigenvalue weighted by Crippen LogP contribution is 2.32. The van der Waals surface area contributed by atoms with Crippen LogP contribution in [0.3, 0.4) is 0 Å². The van der Waals surface area contributed by atoms with E-state index in [9.17, 15) is 0 Å². The van der Waals surface area contributed by atoms with Crippen molar-refractivity contribution in [2.45, 2.75) is 26.7 Å². The molecule has 0 aliphatic carbocycles. The van der Waals surface area contributed by atoms with Crippen LogP contribution in [-0.2, 0) is 12.8 Å². The lowest BCUT2D eigenvalue weighted by Gasteiger charge is -2.12. The summed E-state index contributed by atoms with van der Waals surface area (Å²) in [6.45, 7) is 8.03. The summed E-state index contributed by atoms with van der Waals surface area (Å²) in [5, 5.41) is 0.867. The number of aromatic nitrogens is 2. The molecule has 0 saturated heterocycles. The van der Waals surface area contributed by atoms with Gasteiger partial charge < -0.3 is 4.74 Å².